The number of rotatable bonds is 8. The normalized spacial score (nSPS) is 16.8. The molecular weight excluding hydrogens is 426 g/mol. The van der Waals surface area contributed by atoms with Crippen LogP contribution in [0.15, 0.2) is 76.3 Å². The fourth-order valence-corrected chi connectivity index (χ4v) is 4.18. The number of fused-ring (bicyclic) bond motifs is 1. The molecule has 1 N–H and O–H groups in total. The number of hydrogen-bond acceptors (Lipinski definition) is 6. The van der Waals surface area contributed by atoms with E-state index in [4.69, 9.17) is 19.3 Å². The highest BCUT2D eigenvalue weighted by molar-refractivity contribution is 8.03. The lowest BCUT2D eigenvalue weighted by atomic mass is 9.98. The number of allylic oxidation sites excluding steroid dienone is 1. The fourth-order valence-electron chi connectivity index (χ4n) is 3.46. The molecule has 0 radical (unpaired) electrons. The standard InChI is InChI=1S/C25H23NO5S/c1-29-24-15-20(8-10-22(26-24)17-5-3-2-4-6-17)32-12-11-30-19-7-9-21-18(13-25(27)28)16-31-23(21)14-19/h2-9,14-15,18H,11-13,16H2,1H3,(H,27,28). The number of ether oxygens (including phenoxy) is 3. The highest BCUT2D eigenvalue weighted by Gasteiger charge is 2.26. The smallest absolute Gasteiger partial charge is 0.304 e. The third-order valence-electron chi connectivity index (χ3n) is 5.00. The second-order valence-corrected chi connectivity index (χ2v) is 8.37. The molecule has 0 aromatic heterocycles. The molecule has 0 spiro atoms. The molecule has 32 heavy (non-hydrogen) atoms. The number of nitrogens with zero attached hydrogens (tertiary/aromatic N) is 1. The van der Waals surface area contributed by atoms with Crippen LogP contribution in [0.4, 0.5) is 0 Å². The summed E-state index contributed by atoms with van der Waals surface area (Å²) in [6, 6.07) is 15.5. The number of benzene rings is 2. The molecule has 0 aliphatic carbocycles. The summed E-state index contributed by atoms with van der Waals surface area (Å²) in [5, 5.41) is 9.02. The average molecular weight is 450 g/mol. The summed E-state index contributed by atoms with van der Waals surface area (Å²) < 4.78 is 16.9. The van der Waals surface area contributed by atoms with Gasteiger partial charge in [0.1, 0.15) is 17.2 Å². The van der Waals surface area contributed by atoms with E-state index in [9.17, 15) is 4.79 Å². The van der Waals surface area contributed by atoms with Crippen LogP contribution in [0, 0.1) is 0 Å². The Labute approximate surface area is 190 Å². The predicted molar refractivity (Wildman–Crippen MR) is 125 cm³/mol. The Morgan fingerprint density at radius 3 is 2.91 bits per heavy atom. The molecule has 1 atom stereocenters. The van der Waals surface area contributed by atoms with Gasteiger partial charge in [-0.2, -0.15) is 0 Å². The summed E-state index contributed by atoms with van der Waals surface area (Å²) >= 11 is 1.63. The highest BCUT2D eigenvalue weighted by atomic mass is 32.2. The van der Waals surface area contributed by atoms with Crippen molar-refractivity contribution in [3.63, 3.8) is 0 Å². The molecule has 0 saturated heterocycles. The van der Waals surface area contributed by atoms with Crippen molar-refractivity contribution in [1.82, 2.24) is 0 Å². The Morgan fingerprint density at radius 1 is 1.28 bits per heavy atom. The summed E-state index contributed by atoms with van der Waals surface area (Å²) in [6.07, 6.45) is 3.87. The van der Waals surface area contributed by atoms with Gasteiger partial charge in [-0.15, -0.1) is 11.8 Å². The van der Waals surface area contributed by atoms with Crippen molar-refractivity contribution in [3.8, 4) is 11.5 Å². The molecular formula is C25H23NO5S. The molecule has 7 heteroatoms. The van der Waals surface area contributed by atoms with E-state index >= 15 is 0 Å². The molecule has 4 rings (SSSR count). The molecule has 2 aliphatic rings. The minimum Gasteiger partial charge on any atom is -0.493 e. The van der Waals surface area contributed by atoms with Gasteiger partial charge in [0, 0.05) is 39.8 Å². The number of methoxy groups -OCH3 is 1. The van der Waals surface area contributed by atoms with Crippen LogP contribution in [0.1, 0.15) is 23.5 Å². The first-order chi connectivity index (χ1) is 15.6. The SMILES string of the molecule is COC1=NC(c2ccccc2)=C=CC(SCCOc2ccc3c(c2)OCC3CC(=O)O)=C1. The van der Waals surface area contributed by atoms with Gasteiger partial charge >= 0.3 is 5.97 Å². The summed E-state index contributed by atoms with van der Waals surface area (Å²) in [6.45, 7) is 0.894. The molecule has 2 heterocycles. The molecule has 2 aliphatic heterocycles. The van der Waals surface area contributed by atoms with E-state index in [0.717, 1.165) is 27.5 Å². The molecule has 0 bridgehead atoms. The molecule has 0 fully saturated rings. The lowest BCUT2D eigenvalue weighted by Crippen LogP contribution is -2.07. The number of aliphatic imine (C=N–C) groups is 1. The zero-order valence-corrected chi connectivity index (χ0v) is 18.4. The zero-order chi connectivity index (χ0) is 22.3. The average Bonchev–Trinajstić information content (AvgIpc) is 3.06. The topological polar surface area (TPSA) is 77.3 Å². The summed E-state index contributed by atoms with van der Waals surface area (Å²) in [7, 11) is 1.60. The van der Waals surface area contributed by atoms with Crippen LogP contribution in [-0.4, -0.2) is 43.0 Å². The number of carboxylic acid groups (broad SMARTS) is 1. The second-order valence-electron chi connectivity index (χ2n) is 7.21. The molecule has 164 valence electrons. The third-order valence-corrected chi connectivity index (χ3v) is 5.94. The maximum absolute atomic E-state index is 11.0. The number of carboxylic acids is 1. The molecule has 0 saturated carbocycles. The number of thioether (sulfide) groups is 1. The van der Waals surface area contributed by atoms with Crippen LogP contribution < -0.4 is 9.47 Å². The Balaban J connectivity index is 1.34. The van der Waals surface area contributed by atoms with Crippen LogP contribution >= 0.6 is 11.8 Å². The van der Waals surface area contributed by atoms with Crippen molar-refractivity contribution in [3.05, 3.63) is 82.4 Å². The second kappa shape index (κ2) is 10.3. The monoisotopic (exact) mass is 449 g/mol. The lowest BCUT2D eigenvalue weighted by molar-refractivity contribution is -0.137. The Morgan fingerprint density at radius 2 is 2.12 bits per heavy atom. The zero-order valence-electron chi connectivity index (χ0n) is 17.6. The van der Waals surface area contributed by atoms with Crippen LogP contribution in [0.25, 0.3) is 5.70 Å². The van der Waals surface area contributed by atoms with Crippen LogP contribution in [-0.2, 0) is 9.53 Å². The number of hydrogen-bond donors (Lipinski definition) is 1. The van der Waals surface area contributed by atoms with Gasteiger partial charge in [-0.1, -0.05) is 42.1 Å². The molecule has 2 aromatic carbocycles. The summed E-state index contributed by atoms with van der Waals surface area (Å²) in [5.41, 5.74) is 5.88. The predicted octanol–water partition coefficient (Wildman–Crippen LogP) is 4.89. The van der Waals surface area contributed by atoms with Crippen molar-refractivity contribution >= 4 is 29.3 Å². The molecule has 0 amide bonds. The largest absolute Gasteiger partial charge is 0.493 e. The number of carbonyl (C=O) groups is 1. The van der Waals surface area contributed by atoms with Crippen molar-refractivity contribution in [2.75, 3.05) is 26.1 Å². The van der Waals surface area contributed by atoms with Gasteiger partial charge in [-0.05, 0) is 12.1 Å². The first kappa shape index (κ1) is 21.8. The molecule has 1 unspecified atom stereocenters. The maximum Gasteiger partial charge on any atom is 0.304 e. The van der Waals surface area contributed by atoms with Gasteiger partial charge in [0.25, 0.3) is 0 Å². The maximum atomic E-state index is 11.0. The third kappa shape index (κ3) is 5.44. The minimum atomic E-state index is -0.821. The summed E-state index contributed by atoms with van der Waals surface area (Å²) in [4.78, 5) is 16.5. The highest BCUT2D eigenvalue weighted by Crippen LogP contribution is 2.38. The van der Waals surface area contributed by atoms with E-state index in [1.54, 1.807) is 18.9 Å². The minimum absolute atomic E-state index is 0.0691. The first-order valence-corrected chi connectivity index (χ1v) is 11.2. The quantitative estimate of drug-likeness (QED) is 0.457. The van der Waals surface area contributed by atoms with Gasteiger partial charge in [0.2, 0.25) is 5.90 Å². The van der Waals surface area contributed by atoms with Crippen LogP contribution in [0.5, 0.6) is 11.5 Å². The Hall–Kier alpha value is -3.41. The van der Waals surface area contributed by atoms with Gasteiger partial charge in [-0.25, -0.2) is 4.99 Å². The van der Waals surface area contributed by atoms with Crippen molar-refractivity contribution in [1.29, 1.82) is 0 Å². The van der Waals surface area contributed by atoms with Crippen molar-refractivity contribution < 1.29 is 24.1 Å². The van der Waals surface area contributed by atoms with E-state index in [1.807, 2.05) is 60.7 Å². The van der Waals surface area contributed by atoms with E-state index in [2.05, 4.69) is 10.7 Å². The van der Waals surface area contributed by atoms with Gasteiger partial charge in [-0.3, -0.25) is 4.79 Å². The summed E-state index contributed by atoms with van der Waals surface area (Å²) in [5.74, 6) is 1.73. The lowest BCUT2D eigenvalue weighted by Gasteiger charge is -2.09. The van der Waals surface area contributed by atoms with Gasteiger partial charge in [0.15, 0.2) is 0 Å². The first-order valence-electron chi connectivity index (χ1n) is 10.2. The number of aliphatic carboxylic acids is 1. The Bertz CT molecular complexity index is 1120. The van der Waals surface area contributed by atoms with Crippen LogP contribution in [0.2, 0.25) is 0 Å². The molecule has 6 nitrogen and oxygen atoms in total. The Kier molecular flexibility index (Phi) is 7.00. The molecule has 2 aromatic rings. The van der Waals surface area contributed by atoms with E-state index in [0.29, 0.717) is 30.6 Å². The van der Waals surface area contributed by atoms with Crippen molar-refractivity contribution in [2.45, 2.75) is 12.3 Å². The van der Waals surface area contributed by atoms with E-state index < -0.39 is 5.97 Å². The van der Waals surface area contributed by atoms with E-state index in [1.165, 1.54) is 0 Å². The fraction of sp³-hybridized carbons (Fsp3) is 0.240. The van der Waals surface area contributed by atoms with Gasteiger partial charge in [0.05, 0.1) is 26.7 Å². The van der Waals surface area contributed by atoms with Gasteiger partial charge < -0.3 is 19.3 Å². The van der Waals surface area contributed by atoms with Crippen LogP contribution in [0.3, 0.4) is 0 Å². The van der Waals surface area contributed by atoms with Crippen molar-refractivity contribution in [2.24, 2.45) is 4.99 Å². The van der Waals surface area contributed by atoms with E-state index in [-0.39, 0.29) is 12.3 Å².